The van der Waals surface area contributed by atoms with Crippen molar-refractivity contribution >= 4 is 32.7 Å². The molecule has 2 rings (SSSR count). The molecule has 114 valence electrons. The fourth-order valence-corrected chi connectivity index (χ4v) is 3.15. The van der Waals surface area contributed by atoms with Gasteiger partial charge in [-0.25, -0.2) is 18.1 Å². The molecule has 0 saturated heterocycles. The Kier molecular flexibility index (Phi) is 4.02. The highest BCUT2D eigenvalue weighted by Gasteiger charge is 2.22. The van der Waals surface area contributed by atoms with Crippen molar-refractivity contribution in [2.24, 2.45) is 0 Å². The van der Waals surface area contributed by atoms with Gasteiger partial charge in [-0.2, -0.15) is 4.98 Å². The van der Waals surface area contributed by atoms with E-state index in [9.17, 15) is 8.42 Å². The Morgan fingerprint density at radius 1 is 1.24 bits per heavy atom. The summed E-state index contributed by atoms with van der Waals surface area (Å²) in [4.78, 5) is 8.33. The molecule has 0 saturated carbocycles. The first-order valence-corrected chi connectivity index (χ1v) is 8.30. The zero-order valence-electron chi connectivity index (χ0n) is 12.2. The summed E-state index contributed by atoms with van der Waals surface area (Å²) in [5.41, 5.74) is 5.77. The summed E-state index contributed by atoms with van der Waals surface area (Å²) in [6.07, 6.45) is 1.13. The van der Waals surface area contributed by atoms with Crippen molar-refractivity contribution in [1.29, 1.82) is 0 Å². The van der Waals surface area contributed by atoms with Crippen LogP contribution in [0.5, 0.6) is 0 Å². The van der Waals surface area contributed by atoms with Crippen LogP contribution in [0.1, 0.15) is 13.8 Å². The van der Waals surface area contributed by atoms with Crippen LogP contribution in [0.4, 0.5) is 11.8 Å². The van der Waals surface area contributed by atoms with Gasteiger partial charge in [0.1, 0.15) is 5.82 Å². The maximum Gasteiger partial charge on any atom is 0.222 e. The van der Waals surface area contributed by atoms with Crippen LogP contribution in [0.15, 0.2) is 24.3 Å². The Balaban J connectivity index is 2.24. The van der Waals surface area contributed by atoms with Gasteiger partial charge in [0, 0.05) is 17.5 Å². The second-order valence-corrected chi connectivity index (χ2v) is 7.31. The monoisotopic (exact) mass is 309 g/mol. The Morgan fingerprint density at radius 3 is 2.57 bits per heavy atom. The quantitative estimate of drug-likeness (QED) is 0.758. The van der Waals surface area contributed by atoms with Gasteiger partial charge in [-0.3, -0.25) is 0 Å². The van der Waals surface area contributed by atoms with Crippen LogP contribution in [0.25, 0.3) is 10.9 Å². The van der Waals surface area contributed by atoms with Gasteiger partial charge in [-0.05, 0) is 26.0 Å². The first kappa shape index (κ1) is 15.5. The van der Waals surface area contributed by atoms with Gasteiger partial charge in [0.2, 0.25) is 16.0 Å². The van der Waals surface area contributed by atoms with Crippen molar-refractivity contribution in [1.82, 2.24) is 14.7 Å². The molecule has 0 aliphatic heterocycles. The number of fused-ring (bicyclic) bond motifs is 1. The molecular weight excluding hydrogens is 290 g/mol. The minimum Gasteiger partial charge on any atom is -0.368 e. The lowest BCUT2D eigenvalue weighted by Crippen LogP contribution is -2.47. The van der Waals surface area contributed by atoms with Crippen LogP contribution >= 0.6 is 0 Å². The van der Waals surface area contributed by atoms with E-state index in [0.29, 0.717) is 12.4 Å². The lowest BCUT2D eigenvalue weighted by molar-refractivity contribution is 0.476. The molecule has 0 bridgehead atoms. The van der Waals surface area contributed by atoms with Gasteiger partial charge in [0.05, 0.1) is 11.8 Å². The van der Waals surface area contributed by atoms with Crippen LogP contribution in [-0.2, 0) is 10.0 Å². The molecule has 0 unspecified atom stereocenters. The lowest BCUT2D eigenvalue weighted by Gasteiger charge is -2.25. The van der Waals surface area contributed by atoms with Crippen LogP contribution in [0, 0.1) is 0 Å². The van der Waals surface area contributed by atoms with E-state index in [1.165, 1.54) is 0 Å². The number of nitrogens with one attached hydrogen (secondary N) is 2. The Morgan fingerprint density at radius 2 is 1.90 bits per heavy atom. The molecule has 2 aromatic rings. The number of hydrogen-bond donors (Lipinski definition) is 3. The zero-order valence-corrected chi connectivity index (χ0v) is 13.0. The third-order valence-electron chi connectivity index (χ3n) is 2.78. The van der Waals surface area contributed by atoms with E-state index in [2.05, 4.69) is 20.0 Å². The predicted molar refractivity (Wildman–Crippen MR) is 84.5 cm³/mol. The average molecular weight is 309 g/mol. The van der Waals surface area contributed by atoms with Crippen LogP contribution in [0.2, 0.25) is 0 Å². The van der Waals surface area contributed by atoms with Crippen molar-refractivity contribution in [2.45, 2.75) is 19.4 Å². The van der Waals surface area contributed by atoms with E-state index in [1.54, 1.807) is 13.8 Å². The average Bonchev–Trinajstić information content (AvgIpc) is 2.33. The number of nitrogens with zero attached hydrogens (tertiary/aromatic N) is 2. The van der Waals surface area contributed by atoms with Gasteiger partial charge in [0.15, 0.2) is 0 Å². The van der Waals surface area contributed by atoms with E-state index >= 15 is 0 Å². The molecule has 1 aromatic heterocycles. The molecular formula is C13H19N5O2S. The number of nitrogen functional groups attached to an aromatic ring is 1. The molecule has 7 nitrogen and oxygen atoms in total. The van der Waals surface area contributed by atoms with Gasteiger partial charge >= 0.3 is 0 Å². The lowest BCUT2D eigenvalue weighted by atomic mass is 10.1. The van der Waals surface area contributed by atoms with Gasteiger partial charge in [-0.1, -0.05) is 12.1 Å². The van der Waals surface area contributed by atoms with Crippen molar-refractivity contribution in [3.05, 3.63) is 24.3 Å². The Hall–Kier alpha value is -1.93. The van der Waals surface area contributed by atoms with Gasteiger partial charge < -0.3 is 11.1 Å². The number of rotatable bonds is 5. The summed E-state index contributed by atoms with van der Waals surface area (Å²) >= 11 is 0. The molecule has 8 heteroatoms. The van der Waals surface area contributed by atoms with Crippen LogP contribution in [0.3, 0.4) is 0 Å². The summed E-state index contributed by atoms with van der Waals surface area (Å²) in [5.74, 6) is 0.756. The van der Waals surface area contributed by atoms with E-state index in [0.717, 1.165) is 17.2 Å². The first-order chi connectivity index (χ1) is 9.66. The topological polar surface area (TPSA) is 110 Å². The standard InChI is InChI=1S/C13H19N5O2S/c1-13(2,18-21(3,19)20)8-15-11-9-6-4-5-7-10(9)16-12(14)17-11/h4-7,18H,8H2,1-3H3,(H3,14,15,16,17). The molecule has 0 aliphatic carbocycles. The third kappa shape index (κ3) is 4.27. The molecule has 0 fully saturated rings. The smallest absolute Gasteiger partial charge is 0.222 e. The number of sulfonamides is 1. The number of para-hydroxylation sites is 1. The summed E-state index contributed by atoms with van der Waals surface area (Å²) in [6.45, 7) is 3.93. The summed E-state index contributed by atoms with van der Waals surface area (Å²) < 4.78 is 25.2. The van der Waals surface area contributed by atoms with Crippen molar-refractivity contribution < 1.29 is 8.42 Å². The van der Waals surface area contributed by atoms with Gasteiger partial charge in [-0.15, -0.1) is 0 Å². The Bertz CT molecular complexity index is 758. The molecule has 0 amide bonds. The summed E-state index contributed by atoms with van der Waals surface area (Å²) in [5, 5.41) is 3.97. The van der Waals surface area contributed by atoms with Crippen molar-refractivity contribution in [3.8, 4) is 0 Å². The largest absolute Gasteiger partial charge is 0.368 e. The Labute approximate surface area is 124 Å². The molecule has 1 aromatic carbocycles. The van der Waals surface area contributed by atoms with Crippen molar-refractivity contribution in [2.75, 3.05) is 23.9 Å². The fraction of sp³-hybridized carbons (Fsp3) is 0.385. The minimum atomic E-state index is -3.28. The maximum absolute atomic E-state index is 11.3. The summed E-state index contributed by atoms with van der Waals surface area (Å²) in [6, 6.07) is 7.48. The molecule has 21 heavy (non-hydrogen) atoms. The second kappa shape index (κ2) is 5.45. The normalized spacial score (nSPS) is 12.5. The molecule has 0 radical (unpaired) electrons. The molecule has 0 atom stereocenters. The summed E-state index contributed by atoms with van der Waals surface area (Å²) in [7, 11) is -3.28. The maximum atomic E-state index is 11.3. The molecule has 0 spiro atoms. The molecule has 4 N–H and O–H groups in total. The second-order valence-electron chi connectivity index (χ2n) is 5.56. The number of nitrogens with two attached hydrogens (primary N) is 1. The number of aromatic nitrogens is 2. The SMILES string of the molecule is CC(C)(CNc1nc(N)nc2ccccc12)NS(C)(=O)=O. The molecule has 0 aliphatic rings. The highest BCUT2D eigenvalue weighted by atomic mass is 32.2. The number of benzene rings is 1. The number of hydrogen-bond acceptors (Lipinski definition) is 6. The van der Waals surface area contributed by atoms with Crippen LogP contribution < -0.4 is 15.8 Å². The van der Waals surface area contributed by atoms with E-state index in [4.69, 9.17) is 5.73 Å². The highest BCUT2D eigenvalue weighted by molar-refractivity contribution is 7.88. The first-order valence-electron chi connectivity index (χ1n) is 6.41. The number of anilines is 2. The van der Waals surface area contributed by atoms with E-state index < -0.39 is 15.6 Å². The molecule has 1 heterocycles. The fourth-order valence-electron chi connectivity index (χ4n) is 2.07. The van der Waals surface area contributed by atoms with Gasteiger partial charge in [0.25, 0.3) is 0 Å². The minimum absolute atomic E-state index is 0.171. The highest BCUT2D eigenvalue weighted by Crippen LogP contribution is 2.21. The van der Waals surface area contributed by atoms with E-state index in [1.807, 2.05) is 24.3 Å². The van der Waals surface area contributed by atoms with Crippen LogP contribution in [-0.4, -0.2) is 36.7 Å². The van der Waals surface area contributed by atoms with Crippen molar-refractivity contribution in [3.63, 3.8) is 0 Å². The predicted octanol–water partition coefficient (Wildman–Crippen LogP) is 0.952. The third-order valence-corrected chi connectivity index (χ3v) is 3.70. The zero-order chi connectivity index (χ0) is 15.7. The van der Waals surface area contributed by atoms with E-state index in [-0.39, 0.29) is 5.95 Å².